The van der Waals surface area contributed by atoms with Crippen molar-refractivity contribution in [3.8, 4) is 5.75 Å². The predicted octanol–water partition coefficient (Wildman–Crippen LogP) is 3.33. The molecule has 1 heterocycles. The van der Waals surface area contributed by atoms with E-state index >= 15 is 0 Å². The van der Waals surface area contributed by atoms with Gasteiger partial charge in [0.25, 0.3) is 5.91 Å². The molecule has 0 radical (unpaired) electrons. The minimum atomic E-state index is -0.128. The maximum absolute atomic E-state index is 12.5. The quantitative estimate of drug-likeness (QED) is 0.728. The fourth-order valence-electron chi connectivity index (χ4n) is 2.99. The summed E-state index contributed by atoms with van der Waals surface area (Å²) in [7, 11) is 0. The molecule has 1 atom stereocenters. The summed E-state index contributed by atoms with van der Waals surface area (Å²) in [5.74, 6) is 0.546. The van der Waals surface area contributed by atoms with Crippen molar-refractivity contribution in [3.63, 3.8) is 0 Å². The molecule has 1 aliphatic rings. The summed E-state index contributed by atoms with van der Waals surface area (Å²) in [6.07, 6.45) is 0. The van der Waals surface area contributed by atoms with E-state index in [1.165, 1.54) is 5.56 Å². The number of carbonyl (C=O) groups is 1. The molecule has 5 nitrogen and oxygen atoms in total. The summed E-state index contributed by atoms with van der Waals surface area (Å²) in [5, 5.41) is 3.13. The number of rotatable bonds is 7. The van der Waals surface area contributed by atoms with Crippen molar-refractivity contribution >= 4 is 21.8 Å². The fraction of sp³-hybridized carbons (Fsp3) is 0.381. The summed E-state index contributed by atoms with van der Waals surface area (Å²) >= 11 is 3.39. The maximum atomic E-state index is 12.5. The van der Waals surface area contributed by atoms with Crippen molar-refractivity contribution < 1.29 is 14.3 Å². The third kappa shape index (κ3) is 6.34. The summed E-state index contributed by atoms with van der Waals surface area (Å²) in [6, 6.07) is 15.7. The lowest BCUT2D eigenvalue weighted by molar-refractivity contribution is -0.124. The van der Waals surface area contributed by atoms with Crippen molar-refractivity contribution in [1.29, 1.82) is 0 Å². The fourth-order valence-corrected chi connectivity index (χ4v) is 3.26. The number of amides is 1. The highest BCUT2D eigenvalue weighted by Gasteiger charge is 2.20. The van der Waals surface area contributed by atoms with Gasteiger partial charge in [-0.1, -0.05) is 45.8 Å². The Balaban J connectivity index is 1.61. The molecular formula is C21H25BrN2O3. The van der Waals surface area contributed by atoms with E-state index in [9.17, 15) is 4.79 Å². The van der Waals surface area contributed by atoms with Gasteiger partial charge < -0.3 is 14.8 Å². The van der Waals surface area contributed by atoms with Crippen LogP contribution in [0.4, 0.5) is 0 Å². The number of nitrogens with one attached hydrogen (secondary N) is 1. The summed E-state index contributed by atoms with van der Waals surface area (Å²) < 4.78 is 12.0. The molecule has 6 heteroatoms. The third-order valence-electron chi connectivity index (χ3n) is 4.54. The molecule has 1 aliphatic heterocycles. The largest absolute Gasteiger partial charge is 0.484 e. The zero-order chi connectivity index (χ0) is 19.1. The smallest absolute Gasteiger partial charge is 0.258 e. The lowest BCUT2D eigenvalue weighted by Gasteiger charge is -2.31. The van der Waals surface area contributed by atoms with Gasteiger partial charge in [-0.15, -0.1) is 0 Å². The molecule has 1 fully saturated rings. The molecule has 27 heavy (non-hydrogen) atoms. The second-order valence-corrected chi connectivity index (χ2v) is 7.60. The molecular weight excluding hydrogens is 408 g/mol. The van der Waals surface area contributed by atoms with Gasteiger partial charge in [0.05, 0.1) is 19.3 Å². The highest BCUT2D eigenvalue weighted by molar-refractivity contribution is 9.10. The Morgan fingerprint density at radius 1 is 1.15 bits per heavy atom. The first-order valence-corrected chi connectivity index (χ1v) is 9.94. The number of halogens is 1. The number of carbonyl (C=O) groups excluding carboxylic acids is 1. The van der Waals surface area contributed by atoms with Crippen LogP contribution in [-0.4, -0.2) is 50.3 Å². The first-order chi connectivity index (χ1) is 13.1. The van der Waals surface area contributed by atoms with Crippen LogP contribution in [0.5, 0.6) is 5.75 Å². The van der Waals surface area contributed by atoms with Crippen LogP contribution in [0.25, 0.3) is 0 Å². The molecule has 0 spiro atoms. The van der Waals surface area contributed by atoms with Gasteiger partial charge in [-0.3, -0.25) is 9.69 Å². The van der Waals surface area contributed by atoms with Crippen LogP contribution in [-0.2, 0) is 9.53 Å². The molecule has 2 aromatic rings. The number of morpholine rings is 1. The second-order valence-electron chi connectivity index (χ2n) is 6.69. The molecule has 1 unspecified atom stereocenters. The molecule has 2 aromatic carbocycles. The average molecular weight is 433 g/mol. The molecule has 144 valence electrons. The van der Waals surface area contributed by atoms with Crippen LogP contribution in [0.1, 0.15) is 17.2 Å². The van der Waals surface area contributed by atoms with Crippen LogP contribution in [0, 0.1) is 6.92 Å². The number of nitrogens with zero attached hydrogens (tertiary/aromatic N) is 1. The van der Waals surface area contributed by atoms with E-state index in [0.29, 0.717) is 5.75 Å². The van der Waals surface area contributed by atoms with Gasteiger partial charge in [-0.25, -0.2) is 0 Å². The van der Waals surface area contributed by atoms with Gasteiger partial charge in [0.1, 0.15) is 5.75 Å². The minimum absolute atomic E-state index is 0.00684. The molecule has 1 saturated heterocycles. The first-order valence-electron chi connectivity index (χ1n) is 9.14. The number of benzene rings is 2. The Bertz CT molecular complexity index is 728. The third-order valence-corrected chi connectivity index (χ3v) is 5.07. The van der Waals surface area contributed by atoms with Gasteiger partial charge in [0.15, 0.2) is 6.61 Å². The molecule has 0 bridgehead atoms. The van der Waals surface area contributed by atoms with Gasteiger partial charge in [-0.2, -0.15) is 0 Å². The zero-order valence-corrected chi connectivity index (χ0v) is 17.1. The Morgan fingerprint density at radius 2 is 1.81 bits per heavy atom. The van der Waals surface area contributed by atoms with E-state index in [1.807, 2.05) is 24.3 Å². The Labute approximate surface area is 168 Å². The van der Waals surface area contributed by atoms with Gasteiger partial charge >= 0.3 is 0 Å². The summed E-state index contributed by atoms with van der Waals surface area (Å²) in [5.41, 5.74) is 2.30. The standard InChI is InChI=1S/C21H25BrN2O3/c1-16-2-4-17(5-3-16)20(14-24-10-12-26-13-11-24)23-21(25)15-27-19-8-6-18(22)7-9-19/h2-9,20H,10-15H2,1H3,(H,23,25). The predicted molar refractivity (Wildman–Crippen MR) is 109 cm³/mol. The van der Waals surface area contributed by atoms with Crippen molar-refractivity contribution in [1.82, 2.24) is 10.2 Å². The zero-order valence-electron chi connectivity index (χ0n) is 15.5. The summed E-state index contributed by atoms with van der Waals surface area (Å²) in [6.45, 7) is 6.05. The van der Waals surface area contributed by atoms with E-state index in [0.717, 1.165) is 42.9 Å². The Kier molecular flexibility index (Phi) is 7.26. The van der Waals surface area contributed by atoms with Crippen molar-refractivity contribution in [2.75, 3.05) is 39.5 Å². The van der Waals surface area contributed by atoms with Crippen LogP contribution >= 0.6 is 15.9 Å². The van der Waals surface area contributed by atoms with E-state index < -0.39 is 0 Å². The highest BCUT2D eigenvalue weighted by Crippen LogP contribution is 2.18. The van der Waals surface area contributed by atoms with Crippen LogP contribution < -0.4 is 10.1 Å². The maximum Gasteiger partial charge on any atom is 0.258 e. The molecule has 0 saturated carbocycles. The van der Waals surface area contributed by atoms with E-state index in [4.69, 9.17) is 9.47 Å². The molecule has 1 N–H and O–H groups in total. The second kappa shape index (κ2) is 9.88. The molecule has 0 aromatic heterocycles. The number of ether oxygens (including phenoxy) is 2. The van der Waals surface area contributed by atoms with Gasteiger partial charge in [0, 0.05) is 24.1 Å². The topological polar surface area (TPSA) is 50.8 Å². The van der Waals surface area contributed by atoms with Crippen molar-refractivity contribution in [3.05, 3.63) is 64.1 Å². The first kappa shape index (κ1) is 19.9. The van der Waals surface area contributed by atoms with E-state index in [2.05, 4.69) is 57.3 Å². The lowest BCUT2D eigenvalue weighted by atomic mass is 10.0. The normalized spacial score (nSPS) is 15.9. The average Bonchev–Trinajstić information content (AvgIpc) is 2.68. The summed E-state index contributed by atoms with van der Waals surface area (Å²) in [4.78, 5) is 14.8. The van der Waals surface area contributed by atoms with E-state index in [-0.39, 0.29) is 18.6 Å². The molecule has 3 rings (SSSR count). The monoisotopic (exact) mass is 432 g/mol. The number of aryl methyl sites for hydroxylation is 1. The number of hydrogen-bond donors (Lipinski definition) is 1. The highest BCUT2D eigenvalue weighted by atomic mass is 79.9. The number of hydrogen-bond acceptors (Lipinski definition) is 4. The van der Waals surface area contributed by atoms with Crippen LogP contribution in [0.15, 0.2) is 53.0 Å². The lowest BCUT2D eigenvalue weighted by Crippen LogP contribution is -2.44. The molecule has 1 amide bonds. The van der Waals surface area contributed by atoms with Crippen LogP contribution in [0.2, 0.25) is 0 Å². The van der Waals surface area contributed by atoms with Gasteiger partial charge in [0.2, 0.25) is 0 Å². The molecule has 0 aliphatic carbocycles. The Hall–Kier alpha value is -1.89. The van der Waals surface area contributed by atoms with Crippen LogP contribution in [0.3, 0.4) is 0 Å². The van der Waals surface area contributed by atoms with Crippen molar-refractivity contribution in [2.24, 2.45) is 0 Å². The Morgan fingerprint density at radius 3 is 2.48 bits per heavy atom. The minimum Gasteiger partial charge on any atom is -0.484 e. The van der Waals surface area contributed by atoms with E-state index in [1.54, 1.807) is 0 Å². The van der Waals surface area contributed by atoms with Crippen molar-refractivity contribution in [2.45, 2.75) is 13.0 Å². The SMILES string of the molecule is Cc1ccc(C(CN2CCOCC2)NC(=O)COc2ccc(Br)cc2)cc1. The van der Waals surface area contributed by atoms with Gasteiger partial charge in [-0.05, 0) is 36.8 Å².